The molecule has 1 heterocycles. The van der Waals surface area contributed by atoms with Gasteiger partial charge in [-0.3, -0.25) is 15.5 Å². The van der Waals surface area contributed by atoms with E-state index in [4.69, 9.17) is 5.41 Å². The monoisotopic (exact) mass is 406 g/mol. The highest BCUT2D eigenvalue weighted by Gasteiger charge is 2.17. The smallest absolute Gasteiger partial charge is 0.416 e. The van der Waals surface area contributed by atoms with Crippen molar-refractivity contribution in [2.24, 2.45) is 0 Å². The molecule has 0 aliphatic rings. The molecule has 8 nitrogen and oxygen atoms in total. The van der Waals surface area contributed by atoms with Crippen LogP contribution in [0.2, 0.25) is 0 Å². The van der Waals surface area contributed by atoms with Gasteiger partial charge in [0.15, 0.2) is 0 Å². The van der Waals surface area contributed by atoms with E-state index in [2.05, 4.69) is 31.5 Å². The number of benzene rings is 1. The largest absolute Gasteiger partial charge is 0.424 e. The first-order chi connectivity index (χ1) is 9.54. The number of rotatable bonds is 4. The number of hydrogen-bond donors (Lipinski definition) is 2. The van der Waals surface area contributed by atoms with Crippen LogP contribution < -0.4 is 10.8 Å². The van der Waals surface area contributed by atoms with Crippen LogP contribution in [-0.2, 0) is 0 Å². The van der Waals surface area contributed by atoms with Crippen LogP contribution in [0.5, 0.6) is 0 Å². The highest BCUT2D eigenvalue weighted by atomic mass is 127. The molecule has 2 N–H and O–H groups in total. The third-order valence-electron chi connectivity index (χ3n) is 2.47. The molecule has 0 spiro atoms. The van der Waals surface area contributed by atoms with Gasteiger partial charge < -0.3 is 9.50 Å². The van der Waals surface area contributed by atoms with E-state index < -0.39 is 10.7 Å². The molecule has 2 rings (SSSR count). The van der Waals surface area contributed by atoms with Crippen LogP contribution in [-0.4, -0.2) is 15.3 Å². The predicted octanol–water partition coefficient (Wildman–Crippen LogP) is 2.58. The average molecular weight is 406 g/mol. The SMILES string of the molecule is N=C(c1cc([N+](=O)[O-])ccc1NPI)n1ccoc1=O. The van der Waals surface area contributed by atoms with Gasteiger partial charge in [-0.25, -0.2) is 9.36 Å². The van der Waals surface area contributed by atoms with E-state index >= 15 is 0 Å². The Labute approximate surface area is 127 Å². The molecule has 0 aliphatic heterocycles. The van der Waals surface area contributed by atoms with Crippen molar-refractivity contribution in [1.82, 2.24) is 4.57 Å². The van der Waals surface area contributed by atoms with Crippen molar-refractivity contribution in [3.05, 3.63) is 56.9 Å². The fourth-order valence-corrected chi connectivity index (χ4v) is 2.76. The molecule has 0 bridgehead atoms. The lowest BCUT2D eigenvalue weighted by Crippen LogP contribution is -2.23. The highest BCUT2D eigenvalue weighted by Crippen LogP contribution is 2.29. The summed E-state index contributed by atoms with van der Waals surface area (Å²) in [5.74, 6) is -0.908. The zero-order chi connectivity index (χ0) is 14.7. The van der Waals surface area contributed by atoms with Crippen molar-refractivity contribution in [1.29, 1.82) is 5.41 Å². The summed E-state index contributed by atoms with van der Waals surface area (Å²) in [7, 11) is 0. The van der Waals surface area contributed by atoms with Crippen LogP contribution in [0.1, 0.15) is 5.56 Å². The molecule has 1 atom stereocenters. The maximum absolute atomic E-state index is 11.4. The standard InChI is InChI=1S/C10H8IN4O4P/c11-20-13-8-2-1-6(15(17)18)5-7(8)9(12)14-3-4-19-10(14)16/h1-5,12-13,20H. The Balaban J connectivity index is 2.55. The summed E-state index contributed by atoms with van der Waals surface area (Å²) >= 11 is 2.10. The number of anilines is 1. The summed E-state index contributed by atoms with van der Waals surface area (Å²) in [6, 6.07) is 4.10. The van der Waals surface area contributed by atoms with Crippen molar-refractivity contribution in [2.45, 2.75) is 0 Å². The predicted molar refractivity (Wildman–Crippen MR) is 84.2 cm³/mol. The Morgan fingerprint density at radius 3 is 2.85 bits per heavy atom. The Morgan fingerprint density at radius 2 is 2.30 bits per heavy atom. The maximum Gasteiger partial charge on any atom is 0.424 e. The van der Waals surface area contributed by atoms with Crippen LogP contribution in [0.3, 0.4) is 0 Å². The summed E-state index contributed by atoms with van der Waals surface area (Å²) in [6.07, 6.45) is 2.77. The van der Waals surface area contributed by atoms with Gasteiger partial charge in [0.2, 0.25) is 0 Å². The van der Waals surface area contributed by atoms with E-state index in [1.54, 1.807) is 0 Å². The normalized spacial score (nSPS) is 10.8. The molecular weight excluding hydrogens is 398 g/mol. The summed E-state index contributed by atoms with van der Waals surface area (Å²) in [4.78, 5) is 21.7. The number of non-ortho nitro benzene ring substituents is 1. The third-order valence-corrected chi connectivity index (χ3v) is 3.64. The van der Waals surface area contributed by atoms with E-state index in [-0.39, 0.29) is 17.1 Å². The Kier molecular flexibility index (Phi) is 4.50. The van der Waals surface area contributed by atoms with Gasteiger partial charge in [-0.2, -0.15) is 0 Å². The lowest BCUT2D eigenvalue weighted by molar-refractivity contribution is -0.384. The lowest BCUT2D eigenvalue weighted by atomic mass is 10.1. The molecule has 104 valence electrons. The van der Waals surface area contributed by atoms with Gasteiger partial charge in [0.1, 0.15) is 12.1 Å². The number of nitrogens with zero attached hydrogens (tertiary/aromatic N) is 2. The molecule has 0 radical (unpaired) electrons. The van der Waals surface area contributed by atoms with Gasteiger partial charge in [0.05, 0.1) is 11.1 Å². The van der Waals surface area contributed by atoms with Crippen molar-refractivity contribution in [3.63, 3.8) is 0 Å². The fourth-order valence-electron chi connectivity index (χ4n) is 1.56. The number of aromatic nitrogens is 1. The zero-order valence-electron chi connectivity index (χ0n) is 9.79. The van der Waals surface area contributed by atoms with Crippen LogP contribution in [0, 0.1) is 15.5 Å². The molecule has 1 unspecified atom stereocenters. The molecule has 0 aliphatic carbocycles. The first-order valence-electron chi connectivity index (χ1n) is 5.20. The van der Waals surface area contributed by atoms with Crippen LogP contribution in [0.4, 0.5) is 11.4 Å². The number of oxazole rings is 1. The van der Waals surface area contributed by atoms with Crippen molar-refractivity contribution >= 4 is 45.6 Å². The van der Waals surface area contributed by atoms with E-state index in [0.29, 0.717) is 12.1 Å². The second kappa shape index (κ2) is 6.14. The molecule has 2 aromatic rings. The minimum atomic E-state index is -0.718. The molecular formula is C10H8IN4O4P. The molecule has 0 saturated carbocycles. The van der Waals surface area contributed by atoms with Gasteiger partial charge >= 0.3 is 5.76 Å². The first-order valence-corrected chi connectivity index (χ1v) is 9.31. The van der Waals surface area contributed by atoms with Crippen LogP contribution in [0.25, 0.3) is 0 Å². The quantitative estimate of drug-likeness (QED) is 0.202. The lowest BCUT2D eigenvalue weighted by Gasteiger charge is -2.10. The summed E-state index contributed by atoms with van der Waals surface area (Å²) in [6.45, 7) is 0. The molecule has 0 saturated heterocycles. The molecule has 0 amide bonds. The van der Waals surface area contributed by atoms with Gasteiger partial charge in [0, 0.05) is 29.8 Å². The third kappa shape index (κ3) is 2.88. The molecule has 1 aromatic heterocycles. The number of halogens is 1. The Hall–Kier alpha value is -1.74. The second-order valence-electron chi connectivity index (χ2n) is 3.59. The number of nitro benzene ring substituents is 1. The van der Waals surface area contributed by atoms with Crippen molar-refractivity contribution < 1.29 is 9.34 Å². The summed E-state index contributed by atoms with van der Waals surface area (Å²) < 4.78 is 5.57. The van der Waals surface area contributed by atoms with E-state index in [1.807, 2.05) is 0 Å². The molecule has 1 aromatic carbocycles. The van der Waals surface area contributed by atoms with Gasteiger partial charge in [-0.05, 0) is 28.1 Å². The maximum atomic E-state index is 11.4. The summed E-state index contributed by atoms with van der Waals surface area (Å²) in [5.41, 5.74) is 0.650. The Morgan fingerprint density at radius 1 is 1.55 bits per heavy atom. The minimum absolute atomic E-state index is 0.149. The first kappa shape index (κ1) is 14.7. The van der Waals surface area contributed by atoms with E-state index in [0.717, 1.165) is 10.8 Å². The number of nitro groups is 1. The molecule has 10 heteroatoms. The van der Waals surface area contributed by atoms with Crippen molar-refractivity contribution in [2.75, 3.05) is 5.09 Å². The second-order valence-corrected chi connectivity index (χ2v) is 5.65. The summed E-state index contributed by atoms with van der Waals surface area (Å²) in [5, 5.41) is 21.9. The number of hydrogen-bond acceptors (Lipinski definition) is 6. The minimum Gasteiger partial charge on any atom is -0.416 e. The van der Waals surface area contributed by atoms with Crippen molar-refractivity contribution in [3.8, 4) is 0 Å². The fraction of sp³-hybridized carbons (Fsp3) is 0. The van der Waals surface area contributed by atoms with Gasteiger partial charge in [-0.1, -0.05) is 0 Å². The van der Waals surface area contributed by atoms with Crippen LogP contribution in [0.15, 0.2) is 39.9 Å². The topological polar surface area (TPSA) is 114 Å². The highest BCUT2D eigenvalue weighted by molar-refractivity contribution is 14.2. The van der Waals surface area contributed by atoms with E-state index in [1.165, 1.54) is 24.4 Å². The molecule has 0 fully saturated rings. The van der Waals surface area contributed by atoms with Gasteiger partial charge in [-0.15, -0.1) is 0 Å². The molecule has 20 heavy (non-hydrogen) atoms. The van der Waals surface area contributed by atoms with E-state index in [9.17, 15) is 14.9 Å². The average Bonchev–Trinajstić information content (AvgIpc) is 2.84. The number of nitrogens with one attached hydrogen (secondary N) is 2. The van der Waals surface area contributed by atoms with Gasteiger partial charge in [0.25, 0.3) is 5.69 Å². The zero-order valence-corrected chi connectivity index (χ0v) is 12.9. The Bertz CT molecular complexity index is 726. The van der Waals surface area contributed by atoms with Crippen LogP contribution >= 0.6 is 28.4 Å².